The lowest BCUT2D eigenvalue weighted by Gasteiger charge is -2.26. The fourth-order valence-electron chi connectivity index (χ4n) is 2.29. The molecule has 0 saturated heterocycles. The van der Waals surface area contributed by atoms with E-state index in [0.717, 1.165) is 12.2 Å². The van der Waals surface area contributed by atoms with Gasteiger partial charge in [0.05, 0.1) is 11.4 Å². The van der Waals surface area contributed by atoms with Crippen molar-refractivity contribution < 1.29 is 4.79 Å². The Morgan fingerprint density at radius 3 is 2.57 bits per heavy atom. The van der Waals surface area contributed by atoms with Crippen LogP contribution in [0.25, 0.3) is 0 Å². The highest BCUT2D eigenvalue weighted by atomic mass is 16.1. The van der Waals surface area contributed by atoms with Gasteiger partial charge in [-0.25, -0.2) is 0 Å². The molecule has 1 amide bonds. The van der Waals surface area contributed by atoms with Gasteiger partial charge in [0, 0.05) is 19.2 Å². The number of carbonyl (C=O) groups excluding carboxylic acids is 1. The highest BCUT2D eigenvalue weighted by Gasteiger charge is 2.17. The van der Waals surface area contributed by atoms with Crippen molar-refractivity contribution in [3.8, 4) is 0 Å². The Balaban J connectivity index is 2.61. The Labute approximate surface area is 128 Å². The van der Waals surface area contributed by atoms with Gasteiger partial charge in [-0.3, -0.25) is 4.79 Å². The monoisotopic (exact) mass is 291 g/mol. The van der Waals surface area contributed by atoms with E-state index in [9.17, 15) is 4.79 Å². The van der Waals surface area contributed by atoms with Crippen LogP contribution in [0.1, 0.15) is 56.8 Å². The average molecular weight is 291 g/mol. The molecule has 21 heavy (non-hydrogen) atoms. The first-order valence-corrected chi connectivity index (χ1v) is 7.75. The van der Waals surface area contributed by atoms with E-state index in [2.05, 4.69) is 31.4 Å². The van der Waals surface area contributed by atoms with E-state index in [4.69, 9.17) is 5.73 Å². The van der Waals surface area contributed by atoms with Gasteiger partial charge in [-0.15, -0.1) is 0 Å². The number of unbranched alkanes of at least 4 members (excludes halogenated alkanes) is 2. The van der Waals surface area contributed by atoms with Crippen LogP contribution in [0.2, 0.25) is 0 Å². The summed E-state index contributed by atoms with van der Waals surface area (Å²) in [5.41, 5.74) is 8.35. The SMILES string of the molecule is CCCCCC(C)(C)CNc1ccc(C(=O)NC)cc1N. The second-order valence-electron chi connectivity index (χ2n) is 6.36. The number of anilines is 2. The fourth-order valence-corrected chi connectivity index (χ4v) is 2.29. The van der Waals surface area contributed by atoms with Crippen LogP contribution >= 0.6 is 0 Å². The summed E-state index contributed by atoms with van der Waals surface area (Å²) in [4.78, 5) is 11.6. The first kappa shape index (κ1) is 17.3. The van der Waals surface area contributed by atoms with Gasteiger partial charge in [-0.05, 0) is 30.0 Å². The smallest absolute Gasteiger partial charge is 0.251 e. The molecule has 0 aliphatic rings. The highest BCUT2D eigenvalue weighted by molar-refractivity contribution is 5.95. The number of nitrogen functional groups attached to an aromatic ring is 1. The molecule has 118 valence electrons. The molecule has 0 spiro atoms. The maximum absolute atomic E-state index is 11.6. The first-order chi connectivity index (χ1) is 9.89. The van der Waals surface area contributed by atoms with Crippen molar-refractivity contribution in [2.45, 2.75) is 46.5 Å². The van der Waals surface area contributed by atoms with Crippen molar-refractivity contribution in [1.29, 1.82) is 0 Å². The number of benzene rings is 1. The van der Waals surface area contributed by atoms with Crippen molar-refractivity contribution in [2.24, 2.45) is 5.41 Å². The highest BCUT2D eigenvalue weighted by Crippen LogP contribution is 2.26. The average Bonchev–Trinajstić information content (AvgIpc) is 2.45. The van der Waals surface area contributed by atoms with Gasteiger partial charge in [0.2, 0.25) is 0 Å². The Morgan fingerprint density at radius 2 is 2.00 bits per heavy atom. The zero-order valence-electron chi connectivity index (χ0n) is 13.8. The Morgan fingerprint density at radius 1 is 1.29 bits per heavy atom. The van der Waals surface area contributed by atoms with E-state index in [1.54, 1.807) is 19.2 Å². The van der Waals surface area contributed by atoms with Gasteiger partial charge >= 0.3 is 0 Å². The minimum Gasteiger partial charge on any atom is -0.397 e. The molecule has 0 unspecified atom stereocenters. The van der Waals surface area contributed by atoms with E-state index in [-0.39, 0.29) is 11.3 Å². The zero-order chi connectivity index (χ0) is 15.9. The van der Waals surface area contributed by atoms with E-state index < -0.39 is 0 Å². The lowest BCUT2D eigenvalue weighted by atomic mass is 9.87. The summed E-state index contributed by atoms with van der Waals surface area (Å²) in [6, 6.07) is 5.38. The summed E-state index contributed by atoms with van der Waals surface area (Å²) in [6.45, 7) is 7.63. The second kappa shape index (κ2) is 7.91. The van der Waals surface area contributed by atoms with Crippen molar-refractivity contribution in [2.75, 3.05) is 24.6 Å². The van der Waals surface area contributed by atoms with Crippen molar-refractivity contribution >= 4 is 17.3 Å². The van der Waals surface area contributed by atoms with Gasteiger partial charge in [-0.2, -0.15) is 0 Å². The summed E-state index contributed by atoms with van der Waals surface area (Å²) >= 11 is 0. The largest absolute Gasteiger partial charge is 0.397 e. The normalized spacial score (nSPS) is 11.2. The maximum Gasteiger partial charge on any atom is 0.251 e. The molecule has 4 N–H and O–H groups in total. The van der Waals surface area contributed by atoms with Crippen LogP contribution in [0.3, 0.4) is 0 Å². The van der Waals surface area contributed by atoms with Crippen molar-refractivity contribution in [1.82, 2.24) is 5.32 Å². The number of amides is 1. The Kier molecular flexibility index (Phi) is 6.53. The Hall–Kier alpha value is -1.71. The van der Waals surface area contributed by atoms with E-state index in [1.807, 2.05) is 6.07 Å². The quantitative estimate of drug-likeness (QED) is 0.506. The number of hydrogen-bond donors (Lipinski definition) is 3. The van der Waals surface area contributed by atoms with Gasteiger partial charge in [0.15, 0.2) is 0 Å². The maximum atomic E-state index is 11.6. The van der Waals surface area contributed by atoms with Gasteiger partial charge in [-0.1, -0.05) is 40.0 Å². The predicted molar refractivity (Wildman–Crippen MR) is 90.7 cm³/mol. The van der Waals surface area contributed by atoms with E-state index in [0.29, 0.717) is 11.3 Å². The molecule has 0 aromatic heterocycles. The van der Waals surface area contributed by atoms with Crippen LogP contribution in [0, 0.1) is 5.41 Å². The van der Waals surface area contributed by atoms with Crippen molar-refractivity contribution in [3.05, 3.63) is 23.8 Å². The van der Waals surface area contributed by atoms with Crippen LogP contribution < -0.4 is 16.4 Å². The third-order valence-electron chi connectivity index (χ3n) is 3.76. The summed E-state index contributed by atoms with van der Waals surface area (Å²) in [7, 11) is 1.61. The number of carbonyl (C=O) groups is 1. The lowest BCUT2D eigenvalue weighted by Crippen LogP contribution is -2.23. The second-order valence-corrected chi connectivity index (χ2v) is 6.36. The topological polar surface area (TPSA) is 67.2 Å². The van der Waals surface area contributed by atoms with Crippen LogP contribution in [0.5, 0.6) is 0 Å². The number of hydrogen-bond acceptors (Lipinski definition) is 3. The molecule has 1 aromatic rings. The standard InChI is InChI=1S/C17H29N3O/c1-5-6-7-10-17(2,3)12-20-15-9-8-13(11-14(15)18)16(21)19-4/h8-9,11,20H,5-7,10,12,18H2,1-4H3,(H,19,21). The summed E-state index contributed by atoms with van der Waals surface area (Å²) in [5, 5.41) is 6.01. The molecule has 0 bridgehead atoms. The summed E-state index contributed by atoms with van der Waals surface area (Å²) in [6.07, 6.45) is 4.99. The minimum absolute atomic E-state index is 0.117. The molecule has 0 aliphatic heterocycles. The van der Waals surface area contributed by atoms with E-state index in [1.165, 1.54) is 25.7 Å². The molecule has 0 fully saturated rings. The molecule has 1 aromatic carbocycles. The van der Waals surface area contributed by atoms with Gasteiger partial charge < -0.3 is 16.4 Å². The third kappa shape index (κ3) is 5.66. The molecule has 4 nitrogen and oxygen atoms in total. The van der Waals surface area contributed by atoms with Crippen LogP contribution in [-0.2, 0) is 0 Å². The molecule has 0 atom stereocenters. The number of rotatable bonds is 8. The molecule has 4 heteroatoms. The molecule has 0 aliphatic carbocycles. The lowest BCUT2D eigenvalue weighted by molar-refractivity contribution is 0.0963. The number of nitrogens with one attached hydrogen (secondary N) is 2. The summed E-state index contributed by atoms with van der Waals surface area (Å²) < 4.78 is 0. The molecule has 0 heterocycles. The molecule has 0 saturated carbocycles. The third-order valence-corrected chi connectivity index (χ3v) is 3.76. The van der Waals surface area contributed by atoms with Crippen LogP contribution in [0.15, 0.2) is 18.2 Å². The summed E-state index contributed by atoms with van der Waals surface area (Å²) in [5.74, 6) is -0.117. The minimum atomic E-state index is -0.117. The van der Waals surface area contributed by atoms with Crippen LogP contribution in [0.4, 0.5) is 11.4 Å². The Bertz CT molecular complexity index is 469. The molecule has 1 rings (SSSR count). The van der Waals surface area contributed by atoms with Gasteiger partial charge in [0.1, 0.15) is 0 Å². The van der Waals surface area contributed by atoms with Crippen molar-refractivity contribution in [3.63, 3.8) is 0 Å². The van der Waals surface area contributed by atoms with Crippen LogP contribution in [-0.4, -0.2) is 19.5 Å². The number of nitrogens with two attached hydrogens (primary N) is 1. The van der Waals surface area contributed by atoms with Gasteiger partial charge in [0.25, 0.3) is 5.91 Å². The fraction of sp³-hybridized carbons (Fsp3) is 0.588. The van der Waals surface area contributed by atoms with E-state index >= 15 is 0 Å². The predicted octanol–water partition coefficient (Wildman–Crippen LogP) is 3.65. The molecular weight excluding hydrogens is 262 g/mol. The molecule has 0 radical (unpaired) electrons. The zero-order valence-corrected chi connectivity index (χ0v) is 13.8. The first-order valence-electron chi connectivity index (χ1n) is 7.75. The molecular formula is C17H29N3O.